The summed E-state index contributed by atoms with van der Waals surface area (Å²) in [6.45, 7) is 4.83. The Morgan fingerprint density at radius 1 is 1.12 bits per heavy atom. The van der Waals surface area contributed by atoms with E-state index < -0.39 is 0 Å². The molecule has 1 aliphatic rings. The molecule has 1 saturated heterocycles. The molecule has 126 valence electrons. The Hall–Kier alpha value is -2.11. The van der Waals surface area contributed by atoms with Crippen LogP contribution in [0.5, 0.6) is 0 Å². The molecule has 0 radical (unpaired) electrons. The van der Waals surface area contributed by atoms with Crippen LogP contribution >= 0.6 is 11.6 Å². The minimum atomic E-state index is -0.339. The van der Waals surface area contributed by atoms with Crippen LogP contribution in [-0.4, -0.2) is 46.9 Å². The van der Waals surface area contributed by atoms with E-state index >= 15 is 0 Å². The number of aromatic nitrogens is 1. The lowest BCUT2D eigenvalue weighted by molar-refractivity contribution is 0.0580. The van der Waals surface area contributed by atoms with Crippen LogP contribution < -0.4 is 5.56 Å². The molecule has 5 nitrogen and oxygen atoms in total. The first-order valence-corrected chi connectivity index (χ1v) is 8.41. The molecular weight excluding hydrogens is 326 g/mol. The van der Waals surface area contributed by atoms with Gasteiger partial charge in [0.15, 0.2) is 0 Å². The number of carbonyl (C=O) groups excluding carboxylic acids is 1. The minimum absolute atomic E-state index is 0.191. The maximum atomic E-state index is 12.5. The van der Waals surface area contributed by atoms with Crippen molar-refractivity contribution in [2.45, 2.75) is 13.0 Å². The number of carbonyl (C=O) groups is 1. The molecule has 0 saturated carbocycles. The first kappa shape index (κ1) is 16.7. The van der Waals surface area contributed by atoms with Gasteiger partial charge in [-0.2, -0.15) is 0 Å². The summed E-state index contributed by atoms with van der Waals surface area (Å²) in [7, 11) is 0. The summed E-state index contributed by atoms with van der Waals surface area (Å²) in [5.41, 5.74) is 0.956. The monoisotopic (exact) mass is 345 g/mol. The number of rotatable bonds is 3. The molecule has 1 amide bonds. The fourth-order valence-electron chi connectivity index (χ4n) is 3.08. The predicted octanol–water partition coefficient (Wildman–Crippen LogP) is 2.55. The van der Waals surface area contributed by atoms with Crippen molar-refractivity contribution in [2.24, 2.45) is 0 Å². The zero-order valence-corrected chi connectivity index (χ0v) is 14.3. The number of halogens is 1. The third-order valence-electron chi connectivity index (χ3n) is 4.55. The lowest BCUT2D eigenvalue weighted by Crippen LogP contribution is -2.50. The summed E-state index contributed by atoms with van der Waals surface area (Å²) in [6, 6.07) is 11.3. The SMILES string of the molecule is C[C@H](c1ccccc1Cl)N1CCN(C(=O)c2ccc[nH]c2=O)CC1. The van der Waals surface area contributed by atoms with Crippen LogP contribution in [0.3, 0.4) is 0 Å². The molecule has 2 aromatic rings. The number of pyridine rings is 1. The van der Waals surface area contributed by atoms with E-state index in [1.807, 2.05) is 24.3 Å². The average Bonchev–Trinajstić information content (AvgIpc) is 2.61. The second-order valence-electron chi connectivity index (χ2n) is 5.94. The van der Waals surface area contributed by atoms with Gasteiger partial charge in [-0.3, -0.25) is 14.5 Å². The number of nitrogens with one attached hydrogen (secondary N) is 1. The van der Waals surface area contributed by atoms with Gasteiger partial charge < -0.3 is 9.88 Å². The summed E-state index contributed by atoms with van der Waals surface area (Å²) in [5, 5.41) is 0.763. The van der Waals surface area contributed by atoms with Gasteiger partial charge in [-0.05, 0) is 30.7 Å². The van der Waals surface area contributed by atoms with E-state index in [1.54, 1.807) is 17.0 Å². The molecule has 1 N–H and O–H groups in total. The highest BCUT2D eigenvalue weighted by atomic mass is 35.5. The predicted molar refractivity (Wildman–Crippen MR) is 94.4 cm³/mol. The van der Waals surface area contributed by atoms with Gasteiger partial charge in [-0.1, -0.05) is 29.8 Å². The van der Waals surface area contributed by atoms with Crippen LogP contribution in [0, 0.1) is 0 Å². The molecule has 6 heteroatoms. The van der Waals surface area contributed by atoms with E-state index in [-0.39, 0.29) is 23.1 Å². The number of amides is 1. The minimum Gasteiger partial charge on any atom is -0.336 e. The van der Waals surface area contributed by atoms with Crippen molar-refractivity contribution in [3.05, 3.63) is 69.1 Å². The summed E-state index contributed by atoms with van der Waals surface area (Å²) < 4.78 is 0. The van der Waals surface area contributed by atoms with Gasteiger partial charge in [-0.25, -0.2) is 0 Å². The molecule has 24 heavy (non-hydrogen) atoms. The molecule has 1 aromatic heterocycles. The molecule has 1 atom stereocenters. The number of H-pyrrole nitrogens is 1. The number of nitrogens with zero attached hydrogens (tertiary/aromatic N) is 2. The van der Waals surface area contributed by atoms with Crippen LogP contribution in [0.4, 0.5) is 0 Å². The van der Waals surface area contributed by atoms with Gasteiger partial charge in [0.2, 0.25) is 0 Å². The third kappa shape index (κ3) is 3.37. The fraction of sp³-hybridized carbons (Fsp3) is 0.333. The molecular formula is C18H20ClN3O2. The van der Waals surface area contributed by atoms with Crippen molar-refractivity contribution in [1.29, 1.82) is 0 Å². The van der Waals surface area contributed by atoms with Gasteiger partial charge in [0.1, 0.15) is 5.56 Å². The summed E-state index contributed by atoms with van der Waals surface area (Å²) >= 11 is 6.29. The number of benzene rings is 1. The Kier molecular flexibility index (Phi) is 5.02. The van der Waals surface area contributed by atoms with Crippen LogP contribution in [0.2, 0.25) is 5.02 Å². The molecule has 0 aliphatic carbocycles. The van der Waals surface area contributed by atoms with E-state index in [0.29, 0.717) is 13.1 Å². The van der Waals surface area contributed by atoms with E-state index in [0.717, 1.165) is 23.7 Å². The quantitative estimate of drug-likeness (QED) is 0.930. The zero-order valence-electron chi connectivity index (χ0n) is 13.5. The van der Waals surface area contributed by atoms with Gasteiger partial charge in [0.05, 0.1) is 0 Å². The number of hydrogen-bond acceptors (Lipinski definition) is 3. The Morgan fingerprint density at radius 3 is 2.50 bits per heavy atom. The summed E-state index contributed by atoms with van der Waals surface area (Å²) in [4.78, 5) is 30.8. The van der Waals surface area contributed by atoms with Crippen molar-refractivity contribution < 1.29 is 4.79 Å². The number of piperazine rings is 1. The standard InChI is InChI=1S/C18H20ClN3O2/c1-13(14-5-2-3-7-16(14)19)21-9-11-22(12-10-21)18(24)15-6-4-8-20-17(15)23/h2-8,13H,9-12H2,1H3,(H,20,23)/t13-/m1/s1. The number of hydrogen-bond donors (Lipinski definition) is 1. The van der Waals surface area contributed by atoms with Crippen molar-refractivity contribution in [3.8, 4) is 0 Å². The third-order valence-corrected chi connectivity index (χ3v) is 4.90. The highest BCUT2D eigenvalue weighted by molar-refractivity contribution is 6.31. The molecule has 0 unspecified atom stereocenters. The average molecular weight is 346 g/mol. The molecule has 0 bridgehead atoms. The molecule has 1 fully saturated rings. The van der Waals surface area contributed by atoms with Gasteiger partial charge in [0, 0.05) is 43.4 Å². The molecule has 1 aromatic carbocycles. The topological polar surface area (TPSA) is 56.4 Å². The Bertz CT molecular complexity index is 782. The van der Waals surface area contributed by atoms with Crippen molar-refractivity contribution in [2.75, 3.05) is 26.2 Å². The maximum Gasteiger partial charge on any atom is 0.260 e. The molecule has 0 spiro atoms. The number of aromatic amines is 1. The van der Waals surface area contributed by atoms with Crippen molar-refractivity contribution >= 4 is 17.5 Å². The highest BCUT2D eigenvalue weighted by Gasteiger charge is 2.27. The smallest absolute Gasteiger partial charge is 0.260 e. The molecule has 3 rings (SSSR count). The maximum absolute atomic E-state index is 12.5. The zero-order chi connectivity index (χ0) is 17.1. The second-order valence-corrected chi connectivity index (χ2v) is 6.35. The van der Waals surface area contributed by atoms with E-state index in [4.69, 9.17) is 11.6 Å². The van der Waals surface area contributed by atoms with E-state index in [9.17, 15) is 9.59 Å². The van der Waals surface area contributed by atoms with Crippen LogP contribution in [0.15, 0.2) is 47.4 Å². The Labute approximate surface area is 145 Å². The highest BCUT2D eigenvalue weighted by Crippen LogP contribution is 2.27. The normalized spacial score (nSPS) is 16.8. The first-order valence-electron chi connectivity index (χ1n) is 8.03. The first-order chi connectivity index (χ1) is 11.6. The van der Waals surface area contributed by atoms with E-state index in [1.165, 1.54) is 6.20 Å². The van der Waals surface area contributed by atoms with Crippen LogP contribution in [-0.2, 0) is 0 Å². The Balaban J connectivity index is 1.66. The summed E-state index contributed by atoms with van der Waals surface area (Å²) in [5.74, 6) is -0.207. The van der Waals surface area contributed by atoms with Crippen molar-refractivity contribution in [3.63, 3.8) is 0 Å². The second kappa shape index (κ2) is 7.20. The molecule has 1 aliphatic heterocycles. The fourth-order valence-corrected chi connectivity index (χ4v) is 3.38. The largest absolute Gasteiger partial charge is 0.336 e. The van der Waals surface area contributed by atoms with Gasteiger partial charge >= 0.3 is 0 Å². The van der Waals surface area contributed by atoms with Crippen LogP contribution in [0.25, 0.3) is 0 Å². The summed E-state index contributed by atoms with van der Waals surface area (Å²) in [6.07, 6.45) is 1.53. The Morgan fingerprint density at radius 2 is 1.83 bits per heavy atom. The van der Waals surface area contributed by atoms with E-state index in [2.05, 4.69) is 16.8 Å². The van der Waals surface area contributed by atoms with Crippen molar-refractivity contribution in [1.82, 2.24) is 14.8 Å². The van der Waals surface area contributed by atoms with Gasteiger partial charge in [0.25, 0.3) is 11.5 Å². The van der Waals surface area contributed by atoms with Gasteiger partial charge in [-0.15, -0.1) is 0 Å². The van der Waals surface area contributed by atoms with Crippen LogP contribution in [0.1, 0.15) is 28.9 Å². The molecule has 2 heterocycles. The lowest BCUT2D eigenvalue weighted by atomic mass is 10.1. The lowest BCUT2D eigenvalue weighted by Gasteiger charge is -2.38.